The van der Waals surface area contributed by atoms with Gasteiger partial charge in [0.1, 0.15) is 0 Å². The zero-order valence-corrected chi connectivity index (χ0v) is 10.6. The molecular weight excluding hydrogens is 202 g/mol. The highest BCUT2D eigenvalue weighted by Gasteiger charge is 1.95. The topological polar surface area (TPSA) is 26.0 Å². The summed E-state index contributed by atoms with van der Waals surface area (Å²) in [6, 6.07) is 0. The maximum Gasteiger partial charge on any atom is 0.0363 e. The van der Waals surface area contributed by atoms with Crippen molar-refractivity contribution in [3.05, 3.63) is 55.8 Å². The molecule has 15 heavy (non-hydrogen) atoms. The van der Waals surface area contributed by atoms with Gasteiger partial charge >= 0.3 is 0 Å². The number of hydrogen-bond donors (Lipinski definition) is 1. The van der Waals surface area contributed by atoms with Crippen molar-refractivity contribution in [1.29, 1.82) is 0 Å². The Balaban J connectivity index is -0.000000245. The highest BCUT2D eigenvalue weighted by Crippen LogP contribution is 1.98. The minimum atomic E-state index is 0.410. The molecule has 1 nitrogen and oxygen atoms in total. The van der Waals surface area contributed by atoms with E-state index >= 15 is 0 Å². The van der Waals surface area contributed by atoms with Gasteiger partial charge < -0.3 is 5.73 Å². The van der Waals surface area contributed by atoms with Crippen LogP contribution in [0, 0.1) is 0 Å². The number of rotatable bonds is 3. The molecule has 0 aliphatic rings. The summed E-state index contributed by atoms with van der Waals surface area (Å²) in [5.74, 6) is 0. The third kappa shape index (κ3) is 15.5. The Morgan fingerprint density at radius 3 is 2.00 bits per heavy atom. The van der Waals surface area contributed by atoms with Gasteiger partial charge in [0.05, 0.1) is 0 Å². The van der Waals surface area contributed by atoms with E-state index in [1.165, 1.54) is 0 Å². The van der Waals surface area contributed by atoms with E-state index in [0.29, 0.717) is 6.54 Å². The first-order chi connectivity index (χ1) is 7.17. The third-order valence-corrected chi connectivity index (χ3v) is 1.48. The fourth-order valence-corrected chi connectivity index (χ4v) is 0.729. The molecule has 0 atom stereocenters. The van der Waals surface area contributed by atoms with Crippen molar-refractivity contribution < 1.29 is 0 Å². The Morgan fingerprint density at radius 2 is 1.80 bits per heavy atom. The molecule has 0 radical (unpaired) electrons. The fourth-order valence-electron chi connectivity index (χ4n) is 0.553. The van der Waals surface area contributed by atoms with E-state index in [4.69, 9.17) is 18.0 Å². The smallest absolute Gasteiger partial charge is 0.0363 e. The molecule has 0 fully saturated rings. The summed E-state index contributed by atoms with van der Waals surface area (Å²) in [5, 5.41) is 0. The van der Waals surface area contributed by atoms with Crippen molar-refractivity contribution in [3.8, 4) is 0 Å². The average molecular weight is 223 g/mol. The number of thiocarbonyl (C=S) groups is 1. The lowest BCUT2D eigenvalue weighted by atomic mass is 10.2. The van der Waals surface area contributed by atoms with Gasteiger partial charge in [0.15, 0.2) is 0 Å². The average Bonchev–Trinajstić information content (AvgIpc) is 2.28. The Kier molecular flexibility index (Phi) is 24.0. The summed E-state index contributed by atoms with van der Waals surface area (Å²) in [6.07, 6.45) is 5.38. The van der Waals surface area contributed by atoms with Crippen LogP contribution in [-0.4, -0.2) is 11.4 Å². The van der Waals surface area contributed by atoms with E-state index in [2.05, 4.69) is 32.0 Å². The first-order valence-corrected chi connectivity index (χ1v) is 4.91. The third-order valence-electron chi connectivity index (χ3n) is 1.08. The minimum absolute atomic E-state index is 0.410. The highest BCUT2D eigenvalue weighted by molar-refractivity contribution is 7.81. The van der Waals surface area contributed by atoms with Crippen LogP contribution in [0.15, 0.2) is 55.8 Å². The van der Waals surface area contributed by atoms with Gasteiger partial charge in [0.2, 0.25) is 0 Å². The molecular formula is C13H21NS. The van der Waals surface area contributed by atoms with Crippen molar-refractivity contribution in [2.75, 3.05) is 6.54 Å². The Labute approximate surface area is 99.4 Å². The molecule has 0 unspecified atom stereocenters. The largest absolute Gasteiger partial charge is 0.326 e. The van der Waals surface area contributed by atoms with E-state index in [1.54, 1.807) is 12.2 Å². The molecule has 0 aromatic carbocycles. The number of nitrogens with two attached hydrogens (primary N) is 1. The second-order valence-electron chi connectivity index (χ2n) is 2.13. The summed E-state index contributed by atoms with van der Waals surface area (Å²) < 4.78 is 0. The second kappa shape index (κ2) is 18.5. The standard InChI is InChI=1S/C8H11NS.C3H6.C2H4/c1-3-5-7(4-2)8(10)6-9;1-3-2;1-2/h4-5H,1,6,9H2,2H3;3H,1H2,2H3;1-2H2/b7-4+;;. The summed E-state index contributed by atoms with van der Waals surface area (Å²) in [5.41, 5.74) is 8.91. The van der Waals surface area contributed by atoms with Gasteiger partial charge in [-0.15, -0.1) is 25.5 Å². The Morgan fingerprint density at radius 1 is 1.40 bits per heavy atom. The molecule has 0 bridgehead atoms. The van der Waals surface area contributed by atoms with Crippen LogP contribution in [0.2, 0.25) is 0 Å². The molecule has 0 amide bonds. The lowest BCUT2D eigenvalue weighted by molar-refractivity contribution is 1.33. The minimum Gasteiger partial charge on any atom is -0.326 e. The van der Waals surface area contributed by atoms with Crippen LogP contribution in [0.4, 0.5) is 0 Å². The molecule has 0 aromatic rings. The quantitative estimate of drug-likeness (QED) is 0.260. The van der Waals surface area contributed by atoms with E-state index in [1.807, 2.05) is 19.9 Å². The molecule has 0 saturated carbocycles. The first kappa shape index (κ1) is 19.4. The molecule has 0 spiro atoms. The van der Waals surface area contributed by atoms with Crippen molar-refractivity contribution in [1.82, 2.24) is 0 Å². The number of allylic oxidation sites excluding steroid dienone is 3. The zero-order chi connectivity index (χ0) is 12.7. The van der Waals surface area contributed by atoms with Crippen LogP contribution in [0.3, 0.4) is 0 Å². The Bertz CT molecular complexity index is 245. The molecule has 0 saturated heterocycles. The van der Waals surface area contributed by atoms with Crippen molar-refractivity contribution in [2.45, 2.75) is 13.8 Å². The molecule has 0 aliphatic heterocycles. The van der Waals surface area contributed by atoms with Crippen LogP contribution < -0.4 is 5.73 Å². The van der Waals surface area contributed by atoms with Crippen molar-refractivity contribution >= 4 is 17.1 Å². The monoisotopic (exact) mass is 223 g/mol. The molecule has 84 valence electrons. The van der Waals surface area contributed by atoms with Crippen LogP contribution >= 0.6 is 12.2 Å². The van der Waals surface area contributed by atoms with Gasteiger partial charge in [-0.1, -0.05) is 30.9 Å². The van der Waals surface area contributed by atoms with Gasteiger partial charge in [-0.3, -0.25) is 0 Å². The predicted octanol–water partition coefficient (Wildman–Crippen LogP) is 3.60. The summed E-state index contributed by atoms with van der Waals surface area (Å²) in [7, 11) is 0. The second-order valence-corrected chi connectivity index (χ2v) is 2.62. The maximum atomic E-state index is 5.33. The van der Waals surface area contributed by atoms with E-state index in [9.17, 15) is 0 Å². The lowest BCUT2D eigenvalue weighted by Crippen LogP contribution is -2.12. The molecule has 0 heterocycles. The Hall–Kier alpha value is -1.21. The lowest BCUT2D eigenvalue weighted by Gasteiger charge is -1.97. The van der Waals surface area contributed by atoms with Gasteiger partial charge in [0.25, 0.3) is 0 Å². The first-order valence-electron chi connectivity index (χ1n) is 4.50. The van der Waals surface area contributed by atoms with Crippen LogP contribution in [0.1, 0.15) is 13.8 Å². The normalized spacial score (nSPS) is 8.07. The van der Waals surface area contributed by atoms with Crippen LogP contribution in [-0.2, 0) is 0 Å². The van der Waals surface area contributed by atoms with E-state index in [-0.39, 0.29) is 0 Å². The molecule has 2 N–H and O–H groups in total. The van der Waals surface area contributed by atoms with Gasteiger partial charge in [-0.2, -0.15) is 0 Å². The highest BCUT2D eigenvalue weighted by atomic mass is 32.1. The van der Waals surface area contributed by atoms with Gasteiger partial charge in [-0.05, 0) is 25.5 Å². The summed E-state index contributed by atoms with van der Waals surface area (Å²) >= 11 is 4.95. The van der Waals surface area contributed by atoms with E-state index in [0.717, 1.165) is 10.4 Å². The van der Waals surface area contributed by atoms with E-state index < -0.39 is 0 Å². The SMILES string of the molecule is C=C.C=C=C/C(=C\C)C(=S)CN.C=CC. The number of hydrogen-bond acceptors (Lipinski definition) is 2. The zero-order valence-electron chi connectivity index (χ0n) is 9.75. The molecule has 0 aliphatic carbocycles. The molecule has 2 heteroatoms. The van der Waals surface area contributed by atoms with Crippen LogP contribution in [0.25, 0.3) is 0 Å². The predicted molar refractivity (Wildman–Crippen MR) is 76.2 cm³/mol. The van der Waals surface area contributed by atoms with Crippen molar-refractivity contribution in [3.63, 3.8) is 0 Å². The summed E-state index contributed by atoms with van der Waals surface area (Å²) in [6.45, 7) is 17.0. The maximum absolute atomic E-state index is 5.33. The van der Waals surface area contributed by atoms with Crippen molar-refractivity contribution in [2.24, 2.45) is 5.73 Å². The van der Waals surface area contributed by atoms with Gasteiger partial charge in [-0.25, -0.2) is 0 Å². The van der Waals surface area contributed by atoms with Gasteiger partial charge in [0, 0.05) is 11.4 Å². The fraction of sp³-hybridized carbons (Fsp3) is 0.231. The molecule has 0 aromatic heterocycles. The summed E-state index contributed by atoms with van der Waals surface area (Å²) in [4.78, 5) is 0.749. The van der Waals surface area contributed by atoms with Crippen LogP contribution in [0.5, 0.6) is 0 Å². The molecule has 0 rings (SSSR count).